The summed E-state index contributed by atoms with van der Waals surface area (Å²) in [7, 11) is 0. The molecule has 122 valence electrons. The number of anilines is 1. The number of carbonyl (C=O) groups is 2. The fourth-order valence-electron chi connectivity index (χ4n) is 2.55. The van der Waals surface area contributed by atoms with Crippen molar-refractivity contribution in [3.05, 3.63) is 39.0 Å². The van der Waals surface area contributed by atoms with Crippen LogP contribution in [0, 0.1) is 0 Å². The van der Waals surface area contributed by atoms with Crippen LogP contribution in [0.4, 0.5) is 5.69 Å². The minimum atomic E-state index is -0.629. The molecule has 23 heavy (non-hydrogen) atoms. The largest absolute Gasteiger partial charge is 0.377 e. The zero-order valence-electron chi connectivity index (χ0n) is 11.9. The number of halogens is 3. The molecule has 0 bridgehead atoms. The number of imide groups is 1. The Hall–Kier alpha value is -1.27. The minimum Gasteiger partial charge on any atom is -0.377 e. The number of nitrogens with one attached hydrogen (secondary N) is 1. The average Bonchev–Trinajstić information content (AvgIpc) is 3.10. The molecule has 1 saturated heterocycles. The standard InChI is InChI=1S/C15H13Cl3N2O3/c16-8-3-4-10(17)11(6-8)20-14(21)12(18)13(15(20)22)19-7-9-2-1-5-23-9/h3-4,6,9,19H,1-2,5,7H2/t9-/m1/s1. The number of benzene rings is 1. The van der Waals surface area contributed by atoms with Crippen LogP contribution < -0.4 is 10.2 Å². The first-order chi connectivity index (χ1) is 11.0. The second kappa shape index (κ2) is 6.69. The number of rotatable bonds is 4. The van der Waals surface area contributed by atoms with Gasteiger partial charge in [-0.3, -0.25) is 9.59 Å². The molecule has 1 N–H and O–H groups in total. The summed E-state index contributed by atoms with van der Waals surface area (Å²) in [4.78, 5) is 25.8. The number of carbonyl (C=O) groups excluding carboxylic acids is 2. The van der Waals surface area contributed by atoms with Crippen molar-refractivity contribution >= 4 is 52.3 Å². The summed E-state index contributed by atoms with van der Waals surface area (Å²) in [5, 5.41) is 3.36. The molecule has 1 aromatic carbocycles. The molecular formula is C15H13Cl3N2O3. The maximum atomic E-state index is 12.6. The Labute approximate surface area is 148 Å². The Balaban J connectivity index is 1.82. The van der Waals surface area contributed by atoms with Crippen molar-refractivity contribution in [3.63, 3.8) is 0 Å². The first kappa shape index (κ1) is 16.6. The van der Waals surface area contributed by atoms with Crippen LogP contribution in [0.15, 0.2) is 28.9 Å². The van der Waals surface area contributed by atoms with Gasteiger partial charge in [-0.15, -0.1) is 0 Å². The molecule has 0 aromatic heterocycles. The highest BCUT2D eigenvalue weighted by Gasteiger charge is 2.40. The second-order valence-electron chi connectivity index (χ2n) is 5.25. The van der Waals surface area contributed by atoms with Crippen molar-refractivity contribution in [2.75, 3.05) is 18.1 Å². The molecule has 3 rings (SSSR count). The van der Waals surface area contributed by atoms with Crippen LogP contribution in [-0.2, 0) is 14.3 Å². The predicted molar refractivity (Wildman–Crippen MR) is 88.8 cm³/mol. The van der Waals surface area contributed by atoms with Gasteiger partial charge in [0.1, 0.15) is 10.7 Å². The minimum absolute atomic E-state index is 0.0127. The Kier molecular flexibility index (Phi) is 4.82. The van der Waals surface area contributed by atoms with Crippen molar-refractivity contribution in [3.8, 4) is 0 Å². The van der Waals surface area contributed by atoms with Crippen LogP contribution in [0.1, 0.15) is 12.8 Å². The third-order valence-electron chi connectivity index (χ3n) is 3.71. The molecule has 2 heterocycles. The Morgan fingerprint density at radius 2 is 2.00 bits per heavy atom. The van der Waals surface area contributed by atoms with E-state index in [1.54, 1.807) is 6.07 Å². The molecule has 0 aliphatic carbocycles. The highest BCUT2D eigenvalue weighted by Crippen LogP contribution is 2.34. The van der Waals surface area contributed by atoms with Crippen molar-refractivity contribution in [2.24, 2.45) is 0 Å². The van der Waals surface area contributed by atoms with E-state index in [9.17, 15) is 9.59 Å². The van der Waals surface area contributed by atoms with Gasteiger partial charge in [0.05, 0.1) is 16.8 Å². The molecule has 0 saturated carbocycles. The maximum absolute atomic E-state index is 12.6. The number of hydrogen-bond acceptors (Lipinski definition) is 4. The zero-order valence-corrected chi connectivity index (χ0v) is 14.2. The molecule has 1 aromatic rings. The lowest BCUT2D eigenvalue weighted by atomic mass is 10.2. The monoisotopic (exact) mass is 374 g/mol. The maximum Gasteiger partial charge on any atom is 0.283 e. The Morgan fingerprint density at radius 3 is 2.70 bits per heavy atom. The van der Waals surface area contributed by atoms with Crippen LogP contribution in [0.25, 0.3) is 0 Å². The lowest BCUT2D eigenvalue weighted by Gasteiger charge is -2.17. The number of hydrogen-bond donors (Lipinski definition) is 1. The third-order valence-corrected chi connectivity index (χ3v) is 4.61. The first-order valence-electron chi connectivity index (χ1n) is 7.08. The average molecular weight is 376 g/mol. The molecule has 0 unspecified atom stereocenters. The van der Waals surface area contributed by atoms with Crippen LogP contribution in [0.5, 0.6) is 0 Å². The zero-order chi connectivity index (χ0) is 16.6. The molecule has 0 spiro atoms. The van der Waals surface area contributed by atoms with Crippen molar-refractivity contribution in [2.45, 2.75) is 18.9 Å². The van der Waals surface area contributed by atoms with Crippen LogP contribution >= 0.6 is 34.8 Å². The van der Waals surface area contributed by atoms with E-state index in [1.165, 1.54) is 12.1 Å². The predicted octanol–water partition coefficient (Wildman–Crippen LogP) is 3.09. The highest BCUT2D eigenvalue weighted by molar-refractivity contribution is 6.53. The van der Waals surface area contributed by atoms with Crippen molar-refractivity contribution in [1.29, 1.82) is 0 Å². The molecule has 8 heteroatoms. The Bertz CT molecular complexity index is 699. The summed E-state index contributed by atoms with van der Waals surface area (Å²) in [6.07, 6.45) is 1.90. The first-order valence-corrected chi connectivity index (χ1v) is 8.21. The van der Waals surface area contributed by atoms with E-state index in [0.29, 0.717) is 18.2 Å². The van der Waals surface area contributed by atoms with Gasteiger partial charge in [-0.25, -0.2) is 4.90 Å². The van der Waals surface area contributed by atoms with Gasteiger partial charge in [-0.05, 0) is 31.0 Å². The molecule has 1 atom stereocenters. The van der Waals surface area contributed by atoms with Crippen LogP contribution in [-0.4, -0.2) is 31.1 Å². The topological polar surface area (TPSA) is 58.6 Å². The molecular weight excluding hydrogens is 363 g/mol. The lowest BCUT2D eigenvalue weighted by molar-refractivity contribution is -0.120. The van der Waals surface area contributed by atoms with E-state index in [4.69, 9.17) is 39.5 Å². The quantitative estimate of drug-likeness (QED) is 0.822. The lowest BCUT2D eigenvalue weighted by Crippen LogP contribution is -2.35. The summed E-state index contributed by atoms with van der Waals surface area (Å²) in [6.45, 7) is 1.12. The number of amides is 2. The summed E-state index contributed by atoms with van der Waals surface area (Å²) in [6, 6.07) is 4.54. The van der Waals surface area contributed by atoms with Gasteiger partial charge in [0.15, 0.2) is 0 Å². The van der Waals surface area contributed by atoms with Crippen LogP contribution in [0.2, 0.25) is 10.0 Å². The molecule has 2 aliphatic rings. The molecule has 2 amide bonds. The van der Waals surface area contributed by atoms with Gasteiger partial charge >= 0.3 is 0 Å². The second-order valence-corrected chi connectivity index (χ2v) is 6.47. The fourth-order valence-corrected chi connectivity index (χ4v) is 3.15. The number of nitrogens with zero attached hydrogens (tertiary/aromatic N) is 1. The van der Waals surface area contributed by atoms with Crippen LogP contribution in [0.3, 0.4) is 0 Å². The van der Waals surface area contributed by atoms with E-state index >= 15 is 0 Å². The molecule has 2 aliphatic heterocycles. The normalized spacial score (nSPS) is 21.5. The van der Waals surface area contributed by atoms with Gasteiger partial charge in [-0.1, -0.05) is 34.8 Å². The summed E-state index contributed by atoms with van der Waals surface area (Å²) in [5.41, 5.74) is 0.268. The van der Waals surface area contributed by atoms with Gasteiger partial charge in [-0.2, -0.15) is 0 Å². The smallest absolute Gasteiger partial charge is 0.283 e. The third kappa shape index (κ3) is 3.19. The van der Waals surface area contributed by atoms with E-state index in [2.05, 4.69) is 5.32 Å². The molecule has 5 nitrogen and oxygen atoms in total. The van der Waals surface area contributed by atoms with E-state index in [-0.39, 0.29) is 27.5 Å². The van der Waals surface area contributed by atoms with Gasteiger partial charge < -0.3 is 10.1 Å². The van der Waals surface area contributed by atoms with Crippen molar-refractivity contribution < 1.29 is 14.3 Å². The van der Waals surface area contributed by atoms with Gasteiger partial charge in [0, 0.05) is 18.2 Å². The summed E-state index contributed by atoms with van der Waals surface area (Å²) in [5.74, 6) is -1.18. The summed E-state index contributed by atoms with van der Waals surface area (Å²) >= 11 is 18.0. The van der Waals surface area contributed by atoms with Crippen molar-refractivity contribution in [1.82, 2.24) is 5.32 Å². The molecule has 1 fully saturated rings. The highest BCUT2D eigenvalue weighted by atomic mass is 35.5. The van der Waals surface area contributed by atoms with E-state index < -0.39 is 11.8 Å². The summed E-state index contributed by atoms with van der Waals surface area (Å²) < 4.78 is 5.48. The Morgan fingerprint density at radius 1 is 1.22 bits per heavy atom. The van der Waals surface area contributed by atoms with E-state index in [1.807, 2.05) is 0 Å². The fraction of sp³-hybridized carbons (Fsp3) is 0.333. The SMILES string of the molecule is O=C1C(Cl)=C(NC[C@H]2CCCO2)C(=O)N1c1cc(Cl)ccc1Cl. The van der Waals surface area contributed by atoms with Gasteiger partial charge in [0.2, 0.25) is 0 Å². The van der Waals surface area contributed by atoms with E-state index in [0.717, 1.165) is 17.7 Å². The van der Waals surface area contributed by atoms with Gasteiger partial charge in [0.25, 0.3) is 11.8 Å². The number of ether oxygens (including phenoxy) is 1. The molecule has 0 radical (unpaired) electrons.